The Morgan fingerprint density at radius 1 is 1.50 bits per heavy atom. The van der Waals surface area contributed by atoms with Gasteiger partial charge in [0.25, 0.3) is 0 Å². The monoisotopic (exact) mass is 139 g/mol. The van der Waals surface area contributed by atoms with Crippen molar-refractivity contribution < 1.29 is 0 Å². The first-order chi connectivity index (χ1) is 4.73. The fourth-order valence-electron chi connectivity index (χ4n) is 1.81. The van der Waals surface area contributed by atoms with Gasteiger partial charge in [0, 0.05) is 0 Å². The van der Waals surface area contributed by atoms with Crippen LogP contribution in [0.25, 0.3) is 0 Å². The van der Waals surface area contributed by atoms with Crippen molar-refractivity contribution in [2.24, 2.45) is 11.3 Å². The second-order valence-corrected chi connectivity index (χ2v) is 3.81. The van der Waals surface area contributed by atoms with Crippen LogP contribution in [0.15, 0.2) is 0 Å². The fraction of sp³-hybridized carbons (Fsp3) is 0.900. The second-order valence-electron chi connectivity index (χ2n) is 3.81. The smallest absolute Gasteiger partial charge is 0.0553 e. The molecule has 0 aromatic rings. The third-order valence-electron chi connectivity index (χ3n) is 2.85. The molecule has 10 heavy (non-hydrogen) atoms. The summed E-state index contributed by atoms with van der Waals surface area (Å²) in [6.07, 6.45) is 7.97. The summed E-state index contributed by atoms with van der Waals surface area (Å²) in [5, 5.41) is 0. The Kier molecular flexibility index (Phi) is 2.38. The molecule has 0 nitrogen and oxygen atoms in total. The molecule has 1 aliphatic carbocycles. The van der Waals surface area contributed by atoms with E-state index < -0.39 is 0 Å². The zero-order valence-electron chi connectivity index (χ0n) is 7.48. The molecule has 2 atom stereocenters. The van der Waals surface area contributed by atoms with Gasteiger partial charge < -0.3 is 6.42 Å². The van der Waals surface area contributed by atoms with Crippen molar-refractivity contribution in [3.63, 3.8) is 0 Å². The molecule has 0 radical (unpaired) electrons. The van der Waals surface area contributed by atoms with Crippen LogP contribution >= 0.6 is 0 Å². The van der Waals surface area contributed by atoms with E-state index in [1.54, 1.807) is 0 Å². The van der Waals surface area contributed by atoms with Crippen LogP contribution in [0.5, 0.6) is 0 Å². The molecule has 1 fully saturated rings. The predicted molar refractivity (Wildman–Crippen MR) is 45.7 cm³/mol. The first-order valence-corrected chi connectivity index (χ1v) is 4.57. The van der Waals surface area contributed by atoms with Crippen LogP contribution in [0.2, 0.25) is 0 Å². The Morgan fingerprint density at radius 3 is 2.60 bits per heavy atom. The minimum absolute atomic E-state index is 0.644. The normalized spacial score (nSPS) is 38.1. The Labute approximate surface area is 65.0 Å². The van der Waals surface area contributed by atoms with Gasteiger partial charge in [-0.05, 0) is 0 Å². The summed E-state index contributed by atoms with van der Waals surface area (Å²) >= 11 is 0. The number of rotatable bonds is 4. The molecule has 0 aliphatic heterocycles. The number of unbranched alkanes of at least 4 members (excludes halogenated alkanes) is 1. The molecule has 0 N–H and O–H groups in total. The molecule has 0 saturated heterocycles. The van der Waals surface area contributed by atoms with Gasteiger partial charge in [0.2, 0.25) is 0 Å². The zero-order valence-corrected chi connectivity index (χ0v) is 7.48. The highest BCUT2D eigenvalue weighted by Gasteiger charge is 2.39. The molecule has 1 rings (SSSR count). The molecule has 0 heterocycles. The average Bonchev–Trinajstić information content (AvgIpc) is 2.59. The second kappa shape index (κ2) is 2.94. The van der Waals surface area contributed by atoms with E-state index in [4.69, 9.17) is 0 Å². The van der Waals surface area contributed by atoms with Gasteiger partial charge in [-0.2, -0.15) is 11.8 Å². The number of hydrogen-bond donors (Lipinski definition) is 0. The van der Waals surface area contributed by atoms with Crippen molar-refractivity contribution in [2.75, 3.05) is 0 Å². The molecule has 60 valence electrons. The van der Waals surface area contributed by atoms with E-state index in [9.17, 15) is 0 Å². The molecule has 0 aromatic carbocycles. The predicted octanol–water partition coefficient (Wildman–Crippen LogP) is 3.43. The van der Waals surface area contributed by atoms with Crippen LogP contribution in [-0.2, 0) is 0 Å². The van der Waals surface area contributed by atoms with E-state index in [-0.39, 0.29) is 0 Å². The van der Waals surface area contributed by atoms with Gasteiger partial charge in [-0.25, -0.2) is 0 Å². The van der Waals surface area contributed by atoms with Crippen LogP contribution in [-0.4, -0.2) is 0 Å². The average molecular weight is 139 g/mol. The SMILES string of the molecule is CCC[CH-]C1(C)CC1CC. The van der Waals surface area contributed by atoms with Crippen molar-refractivity contribution in [1.29, 1.82) is 0 Å². The van der Waals surface area contributed by atoms with Crippen LogP contribution in [0.4, 0.5) is 0 Å². The van der Waals surface area contributed by atoms with Crippen LogP contribution in [0.3, 0.4) is 0 Å². The van der Waals surface area contributed by atoms with Gasteiger partial charge in [0.1, 0.15) is 0 Å². The molecule has 1 saturated carbocycles. The highest BCUT2D eigenvalue weighted by molar-refractivity contribution is 5.06. The minimum atomic E-state index is 0.644. The maximum absolute atomic E-state index is 2.53. The zero-order chi connectivity index (χ0) is 7.61. The third-order valence-corrected chi connectivity index (χ3v) is 2.85. The summed E-state index contributed by atoms with van der Waals surface area (Å²) in [6, 6.07) is 0. The summed E-state index contributed by atoms with van der Waals surface area (Å²) in [5.41, 5.74) is 0.644. The molecule has 0 amide bonds. The van der Waals surface area contributed by atoms with Gasteiger partial charge in [-0.15, -0.1) is 0 Å². The van der Waals surface area contributed by atoms with Crippen molar-refractivity contribution >= 4 is 0 Å². The molecule has 1 aliphatic rings. The van der Waals surface area contributed by atoms with Gasteiger partial charge in [-0.3, -0.25) is 0 Å². The minimum Gasteiger partial charge on any atom is -0.322 e. The van der Waals surface area contributed by atoms with E-state index in [1.807, 2.05) is 0 Å². The van der Waals surface area contributed by atoms with E-state index in [1.165, 1.54) is 25.7 Å². The standard InChI is InChI=1S/C10H19/c1-4-6-7-10(3)8-9(10)5-2/h7,9H,4-6,8H2,1-3H3/q-1. The first kappa shape index (κ1) is 8.10. The van der Waals surface area contributed by atoms with Crippen molar-refractivity contribution in [2.45, 2.75) is 46.5 Å². The maximum Gasteiger partial charge on any atom is -0.0553 e. The fourth-order valence-corrected chi connectivity index (χ4v) is 1.81. The van der Waals surface area contributed by atoms with Crippen LogP contribution in [0, 0.1) is 17.8 Å². The summed E-state index contributed by atoms with van der Waals surface area (Å²) in [6.45, 7) is 6.95. The Hall–Kier alpha value is 0. The summed E-state index contributed by atoms with van der Waals surface area (Å²) in [5.74, 6) is 1.01. The molecule has 0 bridgehead atoms. The molecular formula is C10H19-. The lowest BCUT2D eigenvalue weighted by Gasteiger charge is -2.20. The van der Waals surface area contributed by atoms with Crippen LogP contribution in [0.1, 0.15) is 46.5 Å². The Balaban J connectivity index is 2.16. The molecular weight excluding hydrogens is 120 g/mol. The lowest BCUT2D eigenvalue weighted by atomic mass is 9.98. The van der Waals surface area contributed by atoms with Crippen molar-refractivity contribution in [3.05, 3.63) is 6.42 Å². The molecule has 2 unspecified atom stereocenters. The topological polar surface area (TPSA) is 0 Å². The van der Waals surface area contributed by atoms with Gasteiger partial charge in [0.15, 0.2) is 0 Å². The highest BCUT2D eigenvalue weighted by Crippen LogP contribution is 2.56. The van der Waals surface area contributed by atoms with E-state index in [0.29, 0.717) is 5.41 Å². The lowest BCUT2D eigenvalue weighted by molar-refractivity contribution is 0.544. The third kappa shape index (κ3) is 1.53. The maximum atomic E-state index is 2.53. The quantitative estimate of drug-likeness (QED) is 0.523. The number of hydrogen-bond acceptors (Lipinski definition) is 0. The van der Waals surface area contributed by atoms with Gasteiger partial charge >= 0.3 is 0 Å². The lowest BCUT2D eigenvalue weighted by Crippen LogP contribution is -1.97. The van der Waals surface area contributed by atoms with Gasteiger partial charge in [0.05, 0.1) is 0 Å². The molecule has 0 spiro atoms. The van der Waals surface area contributed by atoms with E-state index in [2.05, 4.69) is 27.2 Å². The van der Waals surface area contributed by atoms with E-state index >= 15 is 0 Å². The van der Waals surface area contributed by atoms with Gasteiger partial charge in [-0.1, -0.05) is 46.0 Å². The summed E-state index contributed by atoms with van der Waals surface area (Å²) in [7, 11) is 0. The Bertz CT molecular complexity index is 107. The van der Waals surface area contributed by atoms with Crippen LogP contribution < -0.4 is 0 Å². The summed E-state index contributed by atoms with van der Waals surface area (Å²) in [4.78, 5) is 0. The largest absolute Gasteiger partial charge is 0.322 e. The van der Waals surface area contributed by atoms with Crippen molar-refractivity contribution in [1.82, 2.24) is 0 Å². The molecule has 0 heteroatoms. The Morgan fingerprint density at radius 2 is 2.20 bits per heavy atom. The van der Waals surface area contributed by atoms with E-state index in [0.717, 1.165) is 5.92 Å². The van der Waals surface area contributed by atoms with Crippen molar-refractivity contribution in [3.8, 4) is 0 Å². The molecule has 0 aromatic heterocycles. The highest BCUT2D eigenvalue weighted by atomic mass is 14.5. The first-order valence-electron chi connectivity index (χ1n) is 4.57. The summed E-state index contributed by atoms with van der Waals surface area (Å²) < 4.78 is 0.